The van der Waals surface area contributed by atoms with Crippen LogP contribution < -0.4 is 9.62 Å². The van der Waals surface area contributed by atoms with Crippen LogP contribution in [0.1, 0.15) is 44.7 Å². The maximum Gasteiger partial charge on any atom is 0.416 e. The van der Waals surface area contributed by atoms with Crippen LogP contribution in [0.3, 0.4) is 0 Å². The van der Waals surface area contributed by atoms with Crippen LogP contribution >= 0.6 is 0 Å². The average Bonchev–Trinajstić information content (AvgIpc) is 2.83. The lowest BCUT2D eigenvalue weighted by atomic mass is 10.1. The molecule has 0 heterocycles. The highest BCUT2D eigenvalue weighted by molar-refractivity contribution is 7.92. The number of sulfonamides is 1. The fourth-order valence-electron chi connectivity index (χ4n) is 3.66. The summed E-state index contributed by atoms with van der Waals surface area (Å²) in [4.78, 5) is 27.2. The Morgan fingerprint density at radius 2 is 1.66 bits per heavy atom. The van der Waals surface area contributed by atoms with Gasteiger partial charge in [-0.25, -0.2) is 12.8 Å². The zero-order valence-corrected chi connectivity index (χ0v) is 22.6. The topological polar surface area (TPSA) is 86.8 Å². The van der Waals surface area contributed by atoms with Gasteiger partial charge in [-0.15, -0.1) is 0 Å². The Labute approximate surface area is 220 Å². The van der Waals surface area contributed by atoms with Gasteiger partial charge in [0, 0.05) is 26.1 Å². The Hall–Kier alpha value is -3.15. The molecule has 12 heteroatoms. The lowest BCUT2D eigenvalue weighted by Gasteiger charge is -2.29. The van der Waals surface area contributed by atoms with Gasteiger partial charge in [0.25, 0.3) is 0 Å². The number of halogens is 4. The second-order valence-electron chi connectivity index (χ2n) is 9.45. The molecule has 7 nitrogen and oxygen atoms in total. The van der Waals surface area contributed by atoms with Crippen LogP contribution in [0, 0.1) is 11.7 Å². The van der Waals surface area contributed by atoms with Gasteiger partial charge in [-0.05, 0) is 55.2 Å². The Balaban J connectivity index is 2.20. The first-order valence-corrected chi connectivity index (χ1v) is 13.9. The Morgan fingerprint density at radius 3 is 2.21 bits per heavy atom. The number of rotatable bonds is 12. The van der Waals surface area contributed by atoms with Gasteiger partial charge in [-0.1, -0.05) is 32.0 Å². The smallest absolute Gasteiger partial charge is 0.354 e. The van der Waals surface area contributed by atoms with Gasteiger partial charge in [0.05, 0.1) is 17.5 Å². The van der Waals surface area contributed by atoms with E-state index in [2.05, 4.69) is 5.32 Å². The van der Waals surface area contributed by atoms with E-state index in [0.29, 0.717) is 12.1 Å². The van der Waals surface area contributed by atoms with E-state index >= 15 is 0 Å². The number of nitrogens with zero attached hydrogens (tertiary/aromatic N) is 2. The fourth-order valence-corrected chi connectivity index (χ4v) is 4.62. The first-order valence-electron chi connectivity index (χ1n) is 12.1. The highest BCUT2D eigenvalue weighted by Crippen LogP contribution is 2.32. The molecular formula is C26H33F4N3O4S. The minimum atomic E-state index is -4.65. The quantitative estimate of drug-likeness (QED) is 0.386. The summed E-state index contributed by atoms with van der Waals surface area (Å²) >= 11 is 0. The number of amides is 2. The molecule has 2 aromatic rings. The molecule has 210 valence electrons. The molecule has 2 amide bonds. The molecule has 0 aliphatic heterocycles. The lowest BCUT2D eigenvalue weighted by molar-refractivity contribution is -0.140. The maximum absolute atomic E-state index is 13.4. The minimum Gasteiger partial charge on any atom is -0.354 e. The lowest BCUT2D eigenvalue weighted by Crippen LogP contribution is -2.48. The molecule has 1 atom stereocenters. The maximum atomic E-state index is 13.4. The third kappa shape index (κ3) is 9.30. The molecule has 0 aliphatic carbocycles. The summed E-state index contributed by atoms with van der Waals surface area (Å²) in [6, 6.07) is 8.53. The van der Waals surface area contributed by atoms with Gasteiger partial charge in [0.2, 0.25) is 21.8 Å². The van der Waals surface area contributed by atoms with E-state index in [0.717, 1.165) is 28.8 Å². The van der Waals surface area contributed by atoms with Crippen molar-refractivity contribution in [3.05, 3.63) is 65.5 Å². The summed E-state index contributed by atoms with van der Waals surface area (Å²) in [6.07, 6.45) is -3.96. The van der Waals surface area contributed by atoms with E-state index in [9.17, 15) is 35.6 Å². The van der Waals surface area contributed by atoms with Crippen molar-refractivity contribution < 1.29 is 35.6 Å². The summed E-state index contributed by atoms with van der Waals surface area (Å²) < 4.78 is 78.3. The highest BCUT2D eigenvalue weighted by Gasteiger charge is 2.32. The number of benzene rings is 2. The summed E-state index contributed by atoms with van der Waals surface area (Å²) in [7, 11) is -3.95. The average molecular weight is 560 g/mol. The fraction of sp³-hybridized carbons (Fsp3) is 0.462. The Bertz CT molecular complexity index is 1200. The zero-order valence-electron chi connectivity index (χ0n) is 21.8. The van der Waals surface area contributed by atoms with Crippen LogP contribution in [-0.4, -0.2) is 50.5 Å². The molecule has 0 saturated carbocycles. The normalized spacial score (nSPS) is 12.8. The monoisotopic (exact) mass is 559 g/mol. The SMILES string of the molecule is CC(C)CNC(=O)[C@H](C)N(Cc1ccc(F)cc1)C(=O)CCCN(c1cccc(C(F)(F)F)c1)S(C)(=O)=O. The second-order valence-corrected chi connectivity index (χ2v) is 11.4. The number of alkyl halides is 3. The third-order valence-electron chi connectivity index (χ3n) is 5.73. The Morgan fingerprint density at radius 1 is 1.03 bits per heavy atom. The van der Waals surface area contributed by atoms with Crippen LogP contribution in [-0.2, 0) is 32.3 Å². The number of carbonyl (C=O) groups excluding carboxylic acids is 2. The third-order valence-corrected chi connectivity index (χ3v) is 6.93. The molecule has 0 radical (unpaired) electrons. The molecule has 38 heavy (non-hydrogen) atoms. The standard InChI is InChI=1S/C26H33F4N3O4S/c1-18(2)16-31-25(35)19(3)32(17-20-10-12-22(27)13-11-20)24(34)9-6-14-33(38(4,36)37)23-8-5-7-21(15-23)26(28,29)30/h5,7-8,10-13,15,18-19H,6,9,14,16-17H2,1-4H3,(H,31,35)/t19-/m0/s1. The highest BCUT2D eigenvalue weighted by atomic mass is 32.2. The van der Waals surface area contributed by atoms with Gasteiger partial charge in [-0.3, -0.25) is 13.9 Å². The minimum absolute atomic E-state index is 0.0115. The zero-order chi connectivity index (χ0) is 28.7. The van der Waals surface area contributed by atoms with Crippen molar-refractivity contribution in [1.82, 2.24) is 10.2 Å². The molecule has 0 spiro atoms. The van der Waals surface area contributed by atoms with E-state index in [1.54, 1.807) is 6.92 Å². The van der Waals surface area contributed by atoms with E-state index in [1.165, 1.54) is 35.2 Å². The molecule has 2 aromatic carbocycles. The Kier molecular flexibility index (Phi) is 10.7. The second kappa shape index (κ2) is 13.1. The molecule has 0 unspecified atom stereocenters. The first-order chi connectivity index (χ1) is 17.6. The van der Waals surface area contributed by atoms with Crippen molar-refractivity contribution in [1.29, 1.82) is 0 Å². The van der Waals surface area contributed by atoms with E-state index < -0.39 is 39.5 Å². The van der Waals surface area contributed by atoms with Crippen LogP contribution in [0.4, 0.5) is 23.2 Å². The van der Waals surface area contributed by atoms with Crippen molar-refractivity contribution >= 4 is 27.5 Å². The van der Waals surface area contributed by atoms with Gasteiger partial charge >= 0.3 is 6.18 Å². The number of anilines is 1. The van der Waals surface area contributed by atoms with Crippen molar-refractivity contribution in [3.63, 3.8) is 0 Å². The molecule has 0 bridgehead atoms. The molecule has 2 rings (SSSR count). The summed E-state index contributed by atoms with van der Waals surface area (Å²) in [6.45, 7) is 5.57. The molecule has 0 fully saturated rings. The van der Waals surface area contributed by atoms with E-state index in [4.69, 9.17) is 0 Å². The number of hydrogen-bond acceptors (Lipinski definition) is 4. The summed E-state index contributed by atoms with van der Waals surface area (Å²) in [5.74, 6) is -1.11. The summed E-state index contributed by atoms with van der Waals surface area (Å²) in [5.41, 5.74) is -0.573. The molecule has 0 aliphatic rings. The van der Waals surface area contributed by atoms with Gasteiger partial charge in [-0.2, -0.15) is 13.2 Å². The van der Waals surface area contributed by atoms with Gasteiger partial charge in [0.1, 0.15) is 11.9 Å². The number of hydrogen-bond donors (Lipinski definition) is 1. The predicted octanol–water partition coefficient (Wildman–Crippen LogP) is 4.58. The summed E-state index contributed by atoms with van der Waals surface area (Å²) in [5, 5.41) is 2.77. The van der Waals surface area contributed by atoms with E-state index in [-0.39, 0.29) is 43.4 Å². The van der Waals surface area contributed by atoms with Crippen molar-refractivity contribution in [2.24, 2.45) is 5.92 Å². The van der Waals surface area contributed by atoms with Crippen molar-refractivity contribution in [2.75, 3.05) is 23.7 Å². The van der Waals surface area contributed by atoms with Crippen LogP contribution in [0.15, 0.2) is 48.5 Å². The van der Waals surface area contributed by atoms with Gasteiger partial charge < -0.3 is 10.2 Å². The van der Waals surface area contributed by atoms with Gasteiger partial charge in [0.15, 0.2) is 0 Å². The molecule has 1 N–H and O–H groups in total. The number of nitrogens with one attached hydrogen (secondary N) is 1. The van der Waals surface area contributed by atoms with E-state index in [1.807, 2.05) is 13.8 Å². The molecule has 0 saturated heterocycles. The largest absolute Gasteiger partial charge is 0.416 e. The van der Waals surface area contributed by atoms with Crippen LogP contribution in [0.2, 0.25) is 0 Å². The van der Waals surface area contributed by atoms with Crippen LogP contribution in [0.5, 0.6) is 0 Å². The predicted molar refractivity (Wildman–Crippen MR) is 137 cm³/mol. The van der Waals surface area contributed by atoms with Crippen molar-refractivity contribution in [2.45, 2.75) is 52.4 Å². The number of carbonyl (C=O) groups is 2. The molecule has 0 aromatic heterocycles. The molecular weight excluding hydrogens is 526 g/mol. The first kappa shape index (κ1) is 31.1. The van der Waals surface area contributed by atoms with Crippen LogP contribution in [0.25, 0.3) is 0 Å². The van der Waals surface area contributed by atoms with Crippen molar-refractivity contribution in [3.8, 4) is 0 Å².